The maximum Gasteiger partial charge on any atom is 0.223 e. The Morgan fingerprint density at radius 1 is 0.963 bits per heavy atom. The van der Waals surface area contributed by atoms with E-state index in [2.05, 4.69) is 35.2 Å². The van der Waals surface area contributed by atoms with E-state index < -0.39 is 0 Å². The number of rotatable bonds is 8. The van der Waals surface area contributed by atoms with Crippen molar-refractivity contribution in [3.63, 3.8) is 0 Å². The normalized spacial score (nSPS) is 24.0. The third kappa shape index (κ3) is 9.95. The van der Waals surface area contributed by atoms with E-state index in [-0.39, 0.29) is 23.5 Å². The average molecular weight is 400 g/mol. The first-order valence-corrected chi connectivity index (χ1v) is 12.1. The van der Waals surface area contributed by atoms with Crippen molar-refractivity contribution in [2.45, 2.75) is 59.3 Å². The first kappa shape index (κ1) is 24.4. The molecule has 0 aromatic heterocycles. The predicted molar refractivity (Wildman–Crippen MR) is 116 cm³/mol. The molecule has 1 aliphatic carbocycles. The van der Waals surface area contributed by atoms with E-state index in [9.17, 15) is 9.59 Å². The lowest BCUT2D eigenvalue weighted by molar-refractivity contribution is -0.128. The summed E-state index contributed by atoms with van der Waals surface area (Å²) >= 11 is 1.89. The Balaban J connectivity index is 0.00000114. The summed E-state index contributed by atoms with van der Waals surface area (Å²) in [6.45, 7) is 12.4. The minimum Gasteiger partial charge on any atom is -0.356 e. The fourth-order valence-corrected chi connectivity index (χ4v) is 4.37. The highest BCUT2D eigenvalue weighted by Gasteiger charge is 2.28. The second-order valence-electron chi connectivity index (χ2n) is 7.89. The number of carbonyl (C=O) groups is 2. The zero-order valence-electron chi connectivity index (χ0n) is 18.0. The maximum absolute atomic E-state index is 12.2. The summed E-state index contributed by atoms with van der Waals surface area (Å²) in [5.41, 5.74) is 0. The minimum atomic E-state index is 0.121. The lowest BCUT2D eigenvalue weighted by Gasteiger charge is -2.34. The Morgan fingerprint density at radius 3 is 2.00 bits per heavy atom. The number of amides is 1. The smallest absolute Gasteiger partial charge is 0.223 e. The van der Waals surface area contributed by atoms with Crippen molar-refractivity contribution in [1.29, 1.82) is 0 Å². The third-order valence-electron chi connectivity index (χ3n) is 5.40. The van der Waals surface area contributed by atoms with Gasteiger partial charge in [0.2, 0.25) is 5.91 Å². The van der Waals surface area contributed by atoms with Crippen LogP contribution in [0.4, 0.5) is 0 Å². The van der Waals surface area contributed by atoms with Crippen molar-refractivity contribution in [1.82, 2.24) is 15.1 Å². The molecule has 1 heterocycles. The van der Waals surface area contributed by atoms with Crippen molar-refractivity contribution < 1.29 is 9.59 Å². The molecule has 1 N–H and O–H groups in total. The molecule has 0 bridgehead atoms. The van der Waals surface area contributed by atoms with Crippen molar-refractivity contribution in [3.8, 4) is 0 Å². The average Bonchev–Trinajstić information content (AvgIpc) is 2.67. The second-order valence-corrected chi connectivity index (χ2v) is 8.72. The van der Waals surface area contributed by atoms with Gasteiger partial charge in [0.25, 0.3) is 0 Å². The first-order chi connectivity index (χ1) is 13.0. The molecule has 0 unspecified atom stereocenters. The van der Waals surface area contributed by atoms with Crippen molar-refractivity contribution >= 4 is 23.5 Å². The van der Waals surface area contributed by atoms with E-state index in [1.807, 2.05) is 11.8 Å². The molecule has 158 valence electrons. The summed E-state index contributed by atoms with van der Waals surface area (Å²) in [6.07, 6.45) is 7.93. The molecule has 6 heteroatoms. The van der Waals surface area contributed by atoms with Gasteiger partial charge in [-0.1, -0.05) is 20.3 Å². The summed E-state index contributed by atoms with van der Waals surface area (Å²) in [4.78, 5) is 28.6. The zero-order valence-corrected chi connectivity index (χ0v) is 18.8. The molecule has 1 amide bonds. The fourth-order valence-electron chi connectivity index (χ4n) is 3.75. The molecule has 2 rings (SSSR count). The molecular formula is C21H41N3O2S. The summed E-state index contributed by atoms with van der Waals surface area (Å²) in [5.74, 6) is 1.93. The summed E-state index contributed by atoms with van der Waals surface area (Å²) in [6, 6.07) is 0. The Labute approximate surface area is 171 Å². The van der Waals surface area contributed by atoms with Gasteiger partial charge in [0.15, 0.2) is 0 Å². The molecule has 2 aliphatic rings. The molecule has 27 heavy (non-hydrogen) atoms. The summed E-state index contributed by atoms with van der Waals surface area (Å²) in [7, 11) is 0. The van der Waals surface area contributed by atoms with E-state index in [1.165, 1.54) is 6.42 Å². The number of piperazine rings is 1. The van der Waals surface area contributed by atoms with Gasteiger partial charge in [-0.25, -0.2) is 0 Å². The standard InChI is InChI=1S/C18H33N3O2S.C3H8/c1-15(22)16-4-6-17(7-5-16)18(23)19-8-3-9-20-10-12-21(13-11-20)14-24-2;1-3-2/h16-17H,3-14H2,1-2H3,(H,19,23);3H2,1-2H3. The predicted octanol–water partition coefficient (Wildman–Crippen LogP) is 3.24. The number of carbonyl (C=O) groups excluding carboxylic acids is 2. The lowest BCUT2D eigenvalue weighted by atomic mass is 9.80. The molecule has 0 aromatic carbocycles. The number of hydrogen-bond donors (Lipinski definition) is 1. The van der Waals surface area contributed by atoms with E-state index in [1.54, 1.807) is 6.92 Å². The van der Waals surface area contributed by atoms with Gasteiger partial charge in [-0.3, -0.25) is 14.5 Å². The van der Waals surface area contributed by atoms with Crippen LogP contribution < -0.4 is 5.32 Å². The Hall–Kier alpha value is -0.590. The molecule has 0 radical (unpaired) electrons. The van der Waals surface area contributed by atoms with E-state index >= 15 is 0 Å². The number of ketones is 1. The van der Waals surface area contributed by atoms with Gasteiger partial charge < -0.3 is 10.2 Å². The largest absolute Gasteiger partial charge is 0.356 e. The van der Waals surface area contributed by atoms with E-state index in [0.717, 1.165) is 77.2 Å². The highest BCUT2D eigenvalue weighted by atomic mass is 32.2. The van der Waals surface area contributed by atoms with Crippen LogP contribution in [-0.4, -0.2) is 72.9 Å². The number of hydrogen-bond acceptors (Lipinski definition) is 5. The third-order valence-corrected chi connectivity index (χ3v) is 6.02. The molecule has 0 aromatic rings. The highest BCUT2D eigenvalue weighted by Crippen LogP contribution is 2.29. The number of Topliss-reactive ketones (excluding diaryl/α,β-unsaturated/α-hetero) is 1. The summed E-state index contributed by atoms with van der Waals surface area (Å²) < 4.78 is 0. The van der Waals surface area contributed by atoms with Gasteiger partial charge >= 0.3 is 0 Å². The van der Waals surface area contributed by atoms with Crippen molar-refractivity contribution in [2.75, 3.05) is 51.4 Å². The van der Waals surface area contributed by atoms with Gasteiger partial charge in [-0.2, -0.15) is 0 Å². The van der Waals surface area contributed by atoms with Crippen LogP contribution in [0.5, 0.6) is 0 Å². The van der Waals surface area contributed by atoms with Crippen LogP contribution in [0.15, 0.2) is 0 Å². The van der Waals surface area contributed by atoms with Crippen molar-refractivity contribution in [2.24, 2.45) is 11.8 Å². The molecule has 2 fully saturated rings. The molecule has 5 nitrogen and oxygen atoms in total. The molecule has 0 spiro atoms. The SMILES string of the molecule is CCC.CSCN1CCN(CCCNC(=O)C2CCC(C(C)=O)CC2)CC1. The number of thioether (sulfide) groups is 1. The van der Waals surface area contributed by atoms with Gasteiger partial charge in [0, 0.05) is 50.4 Å². The molecule has 1 saturated carbocycles. The van der Waals surface area contributed by atoms with Crippen LogP contribution in [-0.2, 0) is 9.59 Å². The van der Waals surface area contributed by atoms with Crippen LogP contribution in [0.1, 0.15) is 59.3 Å². The monoisotopic (exact) mass is 399 g/mol. The highest BCUT2D eigenvalue weighted by molar-refractivity contribution is 7.98. The Kier molecular flexibility index (Phi) is 13.1. The number of nitrogens with one attached hydrogen (secondary N) is 1. The van der Waals surface area contributed by atoms with E-state index in [4.69, 9.17) is 0 Å². The second kappa shape index (κ2) is 14.4. The van der Waals surface area contributed by atoms with Crippen molar-refractivity contribution in [3.05, 3.63) is 0 Å². The van der Waals surface area contributed by atoms with Crippen LogP contribution in [0.25, 0.3) is 0 Å². The minimum absolute atomic E-state index is 0.121. The fraction of sp³-hybridized carbons (Fsp3) is 0.905. The van der Waals surface area contributed by atoms with Crippen LogP contribution >= 0.6 is 11.8 Å². The molecule has 0 atom stereocenters. The maximum atomic E-state index is 12.2. The van der Waals surface area contributed by atoms with Gasteiger partial charge in [0.1, 0.15) is 5.78 Å². The molecular weight excluding hydrogens is 358 g/mol. The number of nitrogens with zero attached hydrogens (tertiary/aromatic N) is 2. The van der Waals surface area contributed by atoms with Crippen LogP contribution in [0.2, 0.25) is 0 Å². The lowest BCUT2D eigenvalue weighted by Crippen LogP contribution is -2.46. The van der Waals surface area contributed by atoms with E-state index in [0.29, 0.717) is 0 Å². The van der Waals surface area contributed by atoms with Crippen LogP contribution in [0, 0.1) is 11.8 Å². The summed E-state index contributed by atoms with van der Waals surface area (Å²) in [5, 5.41) is 3.10. The molecule has 1 aliphatic heterocycles. The Morgan fingerprint density at radius 2 is 1.48 bits per heavy atom. The van der Waals surface area contributed by atoms with Gasteiger partial charge in [-0.05, 0) is 51.8 Å². The van der Waals surface area contributed by atoms with Gasteiger partial charge in [-0.15, -0.1) is 11.8 Å². The van der Waals surface area contributed by atoms with Gasteiger partial charge in [0.05, 0.1) is 0 Å². The topological polar surface area (TPSA) is 52.6 Å². The first-order valence-electron chi connectivity index (χ1n) is 10.7. The Bertz CT molecular complexity index is 418. The van der Waals surface area contributed by atoms with Crippen LogP contribution in [0.3, 0.4) is 0 Å². The molecule has 1 saturated heterocycles. The zero-order chi connectivity index (χ0) is 20.1. The quantitative estimate of drug-likeness (QED) is 0.635.